The summed E-state index contributed by atoms with van der Waals surface area (Å²) < 4.78 is 0. The van der Waals surface area contributed by atoms with E-state index in [1.165, 1.54) is 16.9 Å². The SMILES string of the molecule is Cc1ccc(CON=C(N)c2ccc(CN)s2)cc1. The second-order valence-corrected chi connectivity index (χ2v) is 5.37. The maximum atomic E-state index is 5.85. The Kier molecular flexibility index (Phi) is 4.54. The molecule has 0 aliphatic heterocycles. The fourth-order valence-corrected chi connectivity index (χ4v) is 2.31. The molecule has 0 aliphatic rings. The molecule has 0 saturated carbocycles. The minimum atomic E-state index is 0.386. The van der Waals surface area contributed by atoms with Crippen LogP contribution in [-0.4, -0.2) is 5.84 Å². The van der Waals surface area contributed by atoms with Gasteiger partial charge < -0.3 is 16.3 Å². The first kappa shape index (κ1) is 13.6. The molecule has 0 spiro atoms. The summed E-state index contributed by atoms with van der Waals surface area (Å²) in [6, 6.07) is 12.0. The van der Waals surface area contributed by atoms with Crippen LogP contribution in [-0.2, 0) is 18.0 Å². The van der Waals surface area contributed by atoms with Gasteiger partial charge in [-0.05, 0) is 24.6 Å². The highest BCUT2D eigenvalue weighted by molar-refractivity contribution is 7.14. The number of hydrogen-bond acceptors (Lipinski definition) is 4. The summed E-state index contributed by atoms with van der Waals surface area (Å²) in [5.74, 6) is 0.386. The summed E-state index contributed by atoms with van der Waals surface area (Å²) in [4.78, 5) is 7.21. The number of rotatable bonds is 5. The van der Waals surface area contributed by atoms with E-state index in [2.05, 4.69) is 5.16 Å². The molecule has 4 nitrogen and oxygen atoms in total. The largest absolute Gasteiger partial charge is 0.389 e. The molecule has 100 valence electrons. The first-order valence-electron chi connectivity index (χ1n) is 5.99. The molecule has 5 heteroatoms. The Labute approximate surface area is 116 Å². The molecule has 0 radical (unpaired) electrons. The van der Waals surface area contributed by atoms with Gasteiger partial charge in [0.1, 0.15) is 6.61 Å². The van der Waals surface area contributed by atoms with E-state index in [0.29, 0.717) is 19.0 Å². The quantitative estimate of drug-likeness (QED) is 0.500. The zero-order chi connectivity index (χ0) is 13.7. The Hall–Kier alpha value is -1.85. The zero-order valence-electron chi connectivity index (χ0n) is 10.8. The van der Waals surface area contributed by atoms with Gasteiger partial charge in [0.15, 0.2) is 5.84 Å². The van der Waals surface area contributed by atoms with Gasteiger partial charge in [-0.15, -0.1) is 11.3 Å². The molecular formula is C14H17N3OS. The summed E-state index contributed by atoms with van der Waals surface area (Å²) >= 11 is 1.53. The van der Waals surface area contributed by atoms with Crippen LogP contribution in [0.5, 0.6) is 0 Å². The van der Waals surface area contributed by atoms with Crippen molar-refractivity contribution in [1.82, 2.24) is 0 Å². The maximum absolute atomic E-state index is 5.85. The molecule has 2 aromatic rings. The van der Waals surface area contributed by atoms with Crippen LogP contribution >= 0.6 is 11.3 Å². The van der Waals surface area contributed by atoms with E-state index in [4.69, 9.17) is 16.3 Å². The first-order chi connectivity index (χ1) is 9.19. The van der Waals surface area contributed by atoms with Crippen molar-refractivity contribution in [1.29, 1.82) is 0 Å². The summed E-state index contributed by atoms with van der Waals surface area (Å²) in [6.07, 6.45) is 0. The van der Waals surface area contributed by atoms with E-state index < -0.39 is 0 Å². The minimum absolute atomic E-state index is 0.386. The van der Waals surface area contributed by atoms with E-state index >= 15 is 0 Å². The number of oxime groups is 1. The van der Waals surface area contributed by atoms with E-state index in [1.54, 1.807) is 0 Å². The standard InChI is InChI=1S/C14H17N3OS/c1-10-2-4-11(5-3-10)9-18-17-14(16)13-7-6-12(8-15)19-13/h2-7H,8-9,15H2,1H3,(H2,16,17). The van der Waals surface area contributed by atoms with Crippen LogP contribution in [0.15, 0.2) is 41.6 Å². The summed E-state index contributed by atoms with van der Waals surface area (Å²) in [5, 5.41) is 3.92. The van der Waals surface area contributed by atoms with Crippen molar-refractivity contribution in [3.05, 3.63) is 57.3 Å². The Bertz CT molecular complexity index is 560. The maximum Gasteiger partial charge on any atom is 0.180 e. The number of benzene rings is 1. The van der Waals surface area contributed by atoms with Gasteiger partial charge >= 0.3 is 0 Å². The predicted octanol–water partition coefficient (Wildman–Crippen LogP) is 2.35. The topological polar surface area (TPSA) is 73.6 Å². The van der Waals surface area contributed by atoms with Crippen molar-refractivity contribution in [2.75, 3.05) is 0 Å². The molecule has 1 heterocycles. The van der Waals surface area contributed by atoms with Crippen molar-refractivity contribution in [2.24, 2.45) is 16.6 Å². The third-order valence-electron chi connectivity index (χ3n) is 2.63. The molecule has 1 aromatic heterocycles. The highest BCUT2D eigenvalue weighted by atomic mass is 32.1. The molecular weight excluding hydrogens is 258 g/mol. The van der Waals surface area contributed by atoms with Crippen molar-refractivity contribution >= 4 is 17.2 Å². The Morgan fingerprint density at radius 1 is 1.21 bits per heavy atom. The van der Waals surface area contributed by atoms with Gasteiger partial charge in [0.05, 0.1) is 4.88 Å². The van der Waals surface area contributed by atoms with Crippen molar-refractivity contribution in [3.8, 4) is 0 Å². The molecule has 4 N–H and O–H groups in total. The second-order valence-electron chi connectivity index (χ2n) is 4.21. The van der Waals surface area contributed by atoms with E-state index in [0.717, 1.165) is 15.3 Å². The van der Waals surface area contributed by atoms with Gasteiger partial charge in [-0.25, -0.2) is 0 Å². The van der Waals surface area contributed by atoms with Crippen LogP contribution < -0.4 is 11.5 Å². The lowest BCUT2D eigenvalue weighted by atomic mass is 10.2. The minimum Gasteiger partial charge on any atom is -0.389 e. The summed E-state index contributed by atoms with van der Waals surface area (Å²) in [5.41, 5.74) is 13.7. The Balaban J connectivity index is 1.93. The highest BCUT2D eigenvalue weighted by Crippen LogP contribution is 2.15. The van der Waals surface area contributed by atoms with E-state index in [1.807, 2.05) is 43.3 Å². The van der Waals surface area contributed by atoms with Crippen LogP contribution in [0.3, 0.4) is 0 Å². The number of aryl methyl sites for hydroxylation is 1. The number of nitrogens with two attached hydrogens (primary N) is 2. The molecule has 19 heavy (non-hydrogen) atoms. The molecule has 0 unspecified atom stereocenters. The van der Waals surface area contributed by atoms with Crippen LogP contribution in [0.2, 0.25) is 0 Å². The van der Waals surface area contributed by atoms with E-state index in [-0.39, 0.29) is 0 Å². The molecule has 0 amide bonds. The summed E-state index contributed by atoms with van der Waals surface area (Å²) in [6.45, 7) is 2.98. The lowest BCUT2D eigenvalue weighted by Gasteiger charge is -2.01. The van der Waals surface area contributed by atoms with Gasteiger partial charge in [0, 0.05) is 11.4 Å². The molecule has 0 aliphatic carbocycles. The zero-order valence-corrected chi connectivity index (χ0v) is 11.6. The predicted molar refractivity (Wildman–Crippen MR) is 78.9 cm³/mol. The van der Waals surface area contributed by atoms with Crippen molar-refractivity contribution in [3.63, 3.8) is 0 Å². The molecule has 1 aromatic carbocycles. The van der Waals surface area contributed by atoms with Crippen LogP contribution in [0.4, 0.5) is 0 Å². The smallest absolute Gasteiger partial charge is 0.180 e. The monoisotopic (exact) mass is 275 g/mol. The Morgan fingerprint density at radius 3 is 2.58 bits per heavy atom. The fourth-order valence-electron chi connectivity index (χ4n) is 1.53. The lowest BCUT2D eigenvalue weighted by molar-refractivity contribution is 0.130. The fraction of sp³-hybridized carbons (Fsp3) is 0.214. The molecule has 0 bridgehead atoms. The number of amidine groups is 1. The highest BCUT2D eigenvalue weighted by Gasteiger charge is 2.03. The molecule has 0 fully saturated rings. The van der Waals surface area contributed by atoms with Gasteiger partial charge in [0.25, 0.3) is 0 Å². The van der Waals surface area contributed by atoms with Crippen molar-refractivity contribution in [2.45, 2.75) is 20.1 Å². The number of thiophene rings is 1. The van der Waals surface area contributed by atoms with Crippen LogP contribution in [0, 0.1) is 6.92 Å². The number of nitrogens with zero attached hydrogens (tertiary/aromatic N) is 1. The van der Waals surface area contributed by atoms with Crippen LogP contribution in [0.25, 0.3) is 0 Å². The van der Waals surface area contributed by atoms with Crippen molar-refractivity contribution < 1.29 is 4.84 Å². The molecule has 2 rings (SSSR count). The van der Waals surface area contributed by atoms with Gasteiger partial charge in [-0.1, -0.05) is 35.0 Å². The van der Waals surface area contributed by atoms with Gasteiger partial charge in [0.2, 0.25) is 0 Å². The van der Waals surface area contributed by atoms with Crippen LogP contribution in [0.1, 0.15) is 20.9 Å². The second kappa shape index (κ2) is 6.36. The first-order valence-corrected chi connectivity index (χ1v) is 6.81. The van der Waals surface area contributed by atoms with Gasteiger partial charge in [-0.2, -0.15) is 0 Å². The third-order valence-corrected chi connectivity index (χ3v) is 3.76. The third kappa shape index (κ3) is 3.81. The normalized spacial score (nSPS) is 11.6. The lowest BCUT2D eigenvalue weighted by Crippen LogP contribution is -2.12. The molecule has 0 saturated heterocycles. The molecule has 0 atom stereocenters. The van der Waals surface area contributed by atoms with E-state index in [9.17, 15) is 0 Å². The van der Waals surface area contributed by atoms with Gasteiger partial charge in [-0.3, -0.25) is 0 Å². The summed E-state index contributed by atoms with van der Waals surface area (Å²) in [7, 11) is 0. The average Bonchev–Trinajstić information content (AvgIpc) is 2.90. The Morgan fingerprint density at radius 2 is 1.95 bits per heavy atom. The average molecular weight is 275 g/mol. The number of hydrogen-bond donors (Lipinski definition) is 2.